The smallest absolute Gasteiger partial charge is 0.0406 e. The number of benzene rings is 1. The highest BCUT2D eigenvalue weighted by Crippen LogP contribution is 2.14. The van der Waals surface area contributed by atoms with Crippen molar-refractivity contribution < 1.29 is 0 Å². The molecule has 0 amide bonds. The van der Waals surface area contributed by atoms with E-state index in [0.717, 1.165) is 23.7 Å². The second-order valence-corrected chi connectivity index (χ2v) is 5.48. The summed E-state index contributed by atoms with van der Waals surface area (Å²) in [5, 5.41) is 10.1. The number of nitrogens with two attached hydrogens (primary N) is 1. The molecule has 1 aromatic carbocycles. The highest BCUT2D eigenvalue weighted by atomic mass is 35.5. The number of rotatable bonds is 2. The van der Waals surface area contributed by atoms with Crippen LogP contribution in [0.2, 0.25) is 5.02 Å². The minimum Gasteiger partial charge on any atom is -0.285 e. The Morgan fingerprint density at radius 1 is 1.36 bits per heavy atom. The van der Waals surface area contributed by atoms with E-state index in [0.29, 0.717) is 0 Å². The van der Waals surface area contributed by atoms with Crippen LogP contribution in [0.1, 0.15) is 5.56 Å². The largest absolute Gasteiger partial charge is 0.285 e. The molecule has 76 valence electrons. The molecule has 0 saturated carbocycles. The summed E-state index contributed by atoms with van der Waals surface area (Å²) in [4.78, 5) is 1.27. The molecule has 1 heterocycles. The van der Waals surface area contributed by atoms with Gasteiger partial charge in [-0.3, -0.25) is 10.5 Å². The molecule has 1 aliphatic heterocycles. The Morgan fingerprint density at radius 3 is 2.64 bits per heavy atom. The van der Waals surface area contributed by atoms with Crippen LogP contribution in [0, 0.1) is 0 Å². The molecular formula is C10H13ClN2S. The first-order valence-corrected chi connectivity index (χ1v) is 6.38. The zero-order chi connectivity index (χ0) is 9.97. The van der Waals surface area contributed by atoms with Crippen LogP contribution in [0.5, 0.6) is 0 Å². The molecule has 0 fully saturated rings. The lowest BCUT2D eigenvalue weighted by molar-refractivity contribution is 0.990. The van der Waals surface area contributed by atoms with Crippen molar-refractivity contribution in [2.75, 3.05) is 12.3 Å². The van der Waals surface area contributed by atoms with Crippen molar-refractivity contribution in [3.8, 4) is 0 Å². The predicted molar refractivity (Wildman–Crippen MR) is 64.8 cm³/mol. The third-order valence-electron chi connectivity index (χ3n) is 2.24. The molecule has 0 bridgehead atoms. The molecule has 1 aromatic rings. The summed E-state index contributed by atoms with van der Waals surface area (Å²) in [5.74, 6) is 1.07. The molecule has 1 aliphatic rings. The summed E-state index contributed by atoms with van der Waals surface area (Å²) >= 11 is 5.81. The molecule has 3 N–H and O–H groups in total. The maximum absolute atomic E-state index is 5.96. The first-order chi connectivity index (χ1) is 6.75. The molecular weight excluding hydrogens is 216 g/mol. The quantitative estimate of drug-likeness (QED) is 0.758. The molecule has 1 atom stereocenters. The van der Waals surface area contributed by atoms with E-state index in [4.69, 9.17) is 16.7 Å². The first kappa shape index (κ1) is 10.2. The molecule has 0 saturated heterocycles. The highest BCUT2D eigenvalue weighted by Gasteiger charge is 2.09. The minimum absolute atomic E-state index is 0.0439. The van der Waals surface area contributed by atoms with Crippen LogP contribution in [-0.2, 0) is 6.42 Å². The van der Waals surface area contributed by atoms with E-state index in [2.05, 4.69) is 5.32 Å². The van der Waals surface area contributed by atoms with Gasteiger partial charge in [0.15, 0.2) is 0 Å². The Kier molecular flexibility index (Phi) is 3.23. The van der Waals surface area contributed by atoms with Gasteiger partial charge in [-0.25, -0.2) is 0 Å². The fourth-order valence-corrected chi connectivity index (χ4v) is 2.79. The number of hydrogen-bond donors (Lipinski definition) is 2. The van der Waals surface area contributed by atoms with Crippen LogP contribution in [0.4, 0.5) is 0 Å². The van der Waals surface area contributed by atoms with Gasteiger partial charge in [0.2, 0.25) is 0 Å². The summed E-state index contributed by atoms with van der Waals surface area (Å²) in [6.07, 6.45) is 0.927. The third kappa shape index (κ3) is 2.36. The van der Waals surface area contributed by atoms with Gasteiger partial charge in [-0.2, -0.15) is 0 Å². The van der Waals surface area contributed by atoms with Crippen molar-refractivity contribution in [2.24, 2.45) is 5.14 Å². The van der Waals surface area contributed by atoms with E-state index < -0.39 is 0 Å². The van der Waals surface area contributed by atoms with Gasteiger partial charge in [0.05, 0.1) is 0 Å². The summed E-state index contributed by atoms with van der Waals surface area (Å²) in [6.45, 7) is 1.02. The molecule has 0 radical (unpaired) electrons. The van der Waals surface area contributed by atoms with E-state index >= 15 is 0 Å². The SMILES string of the molecule is NS1=C(Cc2ccc(Cl)cc2)NCC1. The topological polar surface area (TPSA) is 38.0 Å². The highest BCUT2D eigenvalue weighted by molar-refractivity contribution is 8.14. The molecule has 14 heavy (non-hydrogen) atoms. The fourth-order valence-electron chi connectivity index (χ4n) is 1.46. The predicted octanol–water partition coefficient (Wildman–Crippen LogP) is 1.76. The number of halogens is 1. The molecule has 0 spiro atoms. The van der Waals surface area contributed by atoms with E-state index in [-0.39, 0.29) is 10.7 Å². The molecule has 2 rings (SSSR count). The standard InChI is InChI=1S/C10H13ClN2S/c11-9-3-1-8(2-4-9)7-10-13-5-6-14(10)12/h1-4,13H,5-7,12H2. The molecule has 2 nitrogen and oxygen atoms in total. The number of nitrogens with one attached hydrogen (secondary N) is 1. The van der Waals surface area contributed by atoms with Gasteiger partial charge in [0, 0.05) is 28.7 Å². The fraction of sp³-hybridized carbons (Fsp3) is 0.300. The van der Waals surface area contributed by atoms with Crippen molar-refractivity contribution in [3.63, 3.8) is 0 Å². The zero-order valence-corrected chi connectivity index (χ0v) is 9.37. The molecule has 4 heteroatoms. The van der Waals surface area contributed by atoms with Gasteiger partial charge in [-0.15, -0.1) is 10.7 Å². The lowest BCUT2D eigenvalue weighted by Gasteiger charge is -2.04. The first-order valence-electron chi connectivity index (χ1n) is 4.55. The van der Waals surface area contributed by atoms with Crippen molar-refractivity contribution >= 4 is 27.3 Å². The van der Waals surface area contributed by atoms with Crippen molar-refractivity contribution in [3.05, 3.63) is 34.9 Å². The monoisotopic (exact) mass is 228 g/mol. The lowest BCUT2D eigenvalue weighted by Crippen LogP contribution is -2.20. The molecule has 0 aromatic heterocycles. The normalized spacial score (nSPS) is 21.6. The van der Waals surface area contributed by atoms with Crippen molar-refractivity contribution in [1.82, 2.24) is 5.32 Å². The second kappa shape index (κ2) is 4.45. The van der Waals surface area contributed by atoms with Crippen molar-refractivity contribution in [2.45, 2.75) is 6.42 Å². The summed E-state index contributed by atoms with van der Waals surface area (Å²) in [6, 6.07) is 7.93. The van der Waals surface area contributed by atoms with Gasteiger partial charge in [0.1, 0.15) is 0 Å². The minimum atomic E-state index is -0.0439. The van der Waals surface area contributed by atoms with Crippen LogP contribution < -0.4 is 10.5 Å². The Bertz CT molecular complexity index is 359. The van der Waals surface area contributed by atoms with E-state index in [1.165, 1.54) is 10.6 Å². The average molecular weight is 229 g/mol. The van der Waals surface area contributed by atoms with Gasteiger partial charge in [-0.1, -0.05) is 23.7 Å². The van der Waals surface area contributed by atoms with Crippen molar-refractivity contribution in [1.29, 1.82) is 0 Å². The van der Waals surface area contributed by atoms with E-state index in [1.807, 2.05) is 24.3 Å². The van der Waals surface area contributed by atoms with Gasteiger partial charge in [0.25, 0.3) is 0 Å². The van der Waals surface area contributed by atoms with E-state index in [1.54, 1.807) is 0 Å². The van der Waals surface area contributed by atoms with E-state index in [9.17, 15) is 0 Å². The van der Waals surface area contributed by atoms with Crippen LogP contribution in [-0.4, -0.2) is 17.3 Å². The number of hydrogen-bond acceptors (Lipinski definition) is 2. The maximum atomic E-state index is 5.96. The molecule has 0 aliphatic carbocycles. The van der Waals surface area contributed by atoms with Crippen LogP contribution in [0.3, 0.4) is 0 Å². The summed E-state index contributed by atoms with van der Waals surface area (Å²) in [5.41, 5.74) is 1.27. The van der Waals surface area contributed by atoms with Gasteiger partial charge < -0.3 is 0 Å². The van der Waals surface area contributed by atoms with Crippen LogP contribution in [0.25, 0.3) is 0 Å². The Morgan fingerprint density at radius 2 is 2.07 bits per heavy atom. The lowest BCUT2D eigenvalue weighted by atomic mass is 10.1. The van der Waals surface area contributed by atoms with Crippen LogP contribution >= 0.6 is 22.3 Å². The van der Waals surface area contributed by atoms with Crippen LogP contribution in [0.15, 0.2) is 24.3 Å². The third-order valence-corrected chi connectivity index (χ3v) is 4.06. The second-order valence-electron chi connectivity index (χ2n) is 3.29. The Balaban J connectivity index is 2.11. The Labute approximate surface area is 91.5 Å². The average Bonchev–Trinajstić information content (AvgIpc) is 2.56. The Hall–Kier alpha value is -0.350. The maximum Gasteiger partial charge on any atom is 0.0406 e. The molecule has 1 unspecified atom stereocenters. The van der Waals surface area contributed by atoms with Gasteiger partial charge >= 0.3 is 0 Å². The van der Waals surface area contributed by atoms with Gasteiger partial charge in [-0.05, 0) is 17.7 Å². The zero-order valence-electron chi connectivity index (χ0n) is 7.79. The summed E-state index contributed by atoms with van der Waals surface area (Å²) < 4.78 is 0. The summed E-state index contributed by atoms with van der Waals surface area (Å²) in [7, 11) is -0.0439.